The van der Waals surface area contributed by atoms with E-state index in [-0.39, 0.29) is 22.7 Å². The Kier molecular flexibility index (Phi) is 3.56. The van der Waals surface area contributed by atoms with Gasteiger partial charge in [0.2, 0.25) is 10.0 Å². The van der Waals surface area contributed by atoms with Crippen molar-refractivity contribution >= 4 is 15.7 Å². The molecule has 1 aromatic carbocycles. The van der Waals surface area contributed by atoms with E-state index in [1.54, 1.807) is 0 Å². The summed E-state index contributed by atoms with van der Waals surface area (Å²) in [6.07, 6.45) is 0.791. The van der Waals surface area contributed by atoms with Crippen LogP contribution in [0.4, 0.5) is 10.1 Å². The highest BCUT2D eigenvalue weighted by molar-refractivity contribution is 7.89. The second-order valence-electron chi connectivity index (χ2n) is 4.30. The van der Waals surface area contributed by atoms with Gasteiger partial charge in [0, 0.05) is 6.61 Å². The van der Waals surface area contributed by atoms with Crippen LogP contribution in [0.3, 0.4) is 0 Å². The summed E-state index contributed by atoms with van der Waals surface area (Å²) in [7, 11) is -3.87. The average Bonchev–Trinajstić information content (AvgIpc) is 2.66. The molecular weight excluding hydrogens is 259 g/mol. The van der Waals surface area contributed by atoms with Gasteiger partial charge in [0.05, 0.1) is 22.7 Å². The molecule has 5 nitrogen and oxygen atoms in total. The maximum absolute atomic E-state index is 13.7. The number of benzene rings is 1. The zero-order valence-electron chi connectivity index (χ0n) is 9.89. The smallest absolute Gasteiger partial charge is 0.238 e. The van der Waals surface area contributed by atoms with Gasteiger partial charge in [-0.25, -0.2) is 17.9 Å². The first-order valence-corrected chi connectivity index (χ1v) is 7.13. The largest absolute Gasteiger partial charge is 0.377 e. The van der Waals surface area contributed by atoms with Gasteiger partial charge in [-0.15, -0.1) is 0 Å². The molecule has 0 aliphatic carbocycles. The van der Waals surface area contributed by atoms with Crippen LogP contribution in [-0.2, 0) is 14.8 Å². The van der Waals surface area contributed by atoms with Gasteiger partial charge in [0.25, 0.3) is 0 Å². The first-order chi connectivity index (χ1) is 8.38. The Balaban J connectivity index is 2.20. The molecule has 1 aromatic rings. The highest BCUT2D eigenvalue weighted by atomic mass is 32.2. The number of hydrogen-bond acceptors (Lipinski definition) is 4. The second kappa shape index (κ2) is 4.83. The fourth-order valence-corrected chi connectivity index (χ4v) is 2.44. The van der Waals surface area contributed by atoms with Crippen molar-refractivity contribution in [3.63, 3.8) is 0 Å². The molecule has 7 heteroatoms. The summed E-state index contributed by atoms with van der Waals surface area (Å²) in [6, 6.07) is 3.60. The van der Waals surface area contributed by atoms with Crippen molar-refractivity contribution < 1.29 is 17.5 Å². The Morgan fingerprint density at radius 3 is 2.72 bits per heavy atom. The third-order valence-electron chi connectivity index (χ3n) is 2.99. The van der Waals surface area contributed by atoms with E-state index in [1.165, 1.54) is 12.1 Å². The van der Waals surface area contributed by atoms with Crippen molar-refractivity contribution in [2.24, 2.45) is 5.14 Å². The van der Waals surface area contributed by atoms with Gasteiger partial charge < -0.3 is 10.1 Å². The van der Waals surface area contributed by atoms with Gasteiger partial charge in [0.1, 0.15) is 5.82 Å². The molecule has 0 aromatic heterocycles. The maximum Gasteiger partial charge on any atom is 0.238 e. The van der Waals surface area contributed by atoms with E-state index in [9.17, 15) is 12.8 Å². The van der Waals surface area contributed by atoms with Crippen LogP contribution in [-0.4, -0.2) is 27.2 Å². The van der Waals surface area contributed by atoms with E-state index < -0.39 is 15.8 Å². The number of halogens is 1. The zero-order valence-corrected chi connectivity index (χ0v) is 10.7. The van der Waals surface area contributed by atoms with Crippen molar-refractivity contribution in [1.29, 1.82) is 0 Å². The molecule has 0 radical (unpaired) electrons. The van der Waals surface area contributed by atoms with Crippen LogP contribution in [0, 0.1) is 5.82 Å². The van der Waals surface area contributed by atoms with E-state index in [2.05, 4.69) is 5.32 Å². The summed E-state index contributed by atoms with van der Waals surface area (Å²) < 4.78 is 41.2. The number of primary sulfonamides is 1. The summed E-state index contributed by atoms with van der Waals surface area (Å²) >= 11 is 0. The molecule has 1 aliphatic rings. The molecule has 1 saturated heterocycles. The molecule has 3 N–H and O–H groups in total. The first kappa shape index (κ1) is 13.3. The predicted molar refractivity (Wildman–Crippen MR) is 65.2 cm³/mol. The fraction of sp³-hybridized carbons (Fsp3) is 0.455. The lowest BCUT2D eigenvalue weighted by Gasteiger charge is -2.18. The fourth-order valence-electron chi connectivity index (χ4n) is 1.91. The van der Waals surface area contributed by atoms with Crippen molar-refractivity contribution in [2.45, 2.75) is 30.4 Å². The molecule has 2 unspecified atom stereocenters. The Bertz CT molecular complexity index is 547. The van der Waals surface area contributed by atoms with Gasteiger partial charge in [-0.05, 0) is 31.5 Å². The maximum atomic E-state index is 13.7. The predicted octanol–water partition coefficient (Wildman–Crippen LogP) is 1.06. The Hall–Kier alpha value is -1.18. The first-order valence-electron chi connectivity index (χ1n) is 5.58. The van der Waals surface area contributed by atoms with Crippen LogP contribution >= 0.6 is 0 Å². The minimum atomic E-state index is -3.87. The average molecular weight is 274 g/mol. The normalized spacial score (nSPS) is 24.2. The Morgan fingerprint density at radius 2 is 2.22 bits per heavy atom. The SMILES string of the molecule is CC1OCCC1Nc1ccc(S(N)(=O)=O)cc1F. The quantitative estimate of drug-likeness (QED) is 0.863. The highest BCUT2D eigenvalue weighted by Gasteiger charge is 2.25. The topological polar surface area (TPSA) is 81.4 Å². The summed E-state index contributed by atoms with van der Waals surface area (Å²) in [5.74, 6) is -0.638. The van der Waals surface area contributed by atoms with Gasteiger partial charge in [-0.2, -0.15) is 0 Å². The summed E-state index contributed by atoms with van der Waals surface area (Å²) in [5.41, 5.74) is 0.254. The van der Waals surface area contributed by atoms with Crippen LogP contribution < -0.4 is 10.5 Å². The molecule has 1 fully saturated rings. The van der Waals surface area contributed by atoms with E-state index in [1.807, 2.05) is 6.92 Å². The lowest BCUT2D eigenvalue weighted by atomic mass is 10.1. The zero-order chi connectivity index (χ0) is 13.3. The third kappa shape index (κ3) is 2.80. The molecule has 0 amide bonds. The van der Waals surface area contributed by atoms with Crippen LogP contribution in [0.1, 0.15) is 13.3 Å². The minimum absolute atomic E-state index is 0.00215. The Labute approximate surface area is 105 Å². The van der Waals surface area contributed by atoms with Gasteiger partial charge in [-0.3, -0.25) is 0 Å². The lowest BCUT2D eigenvalue weighted by molar-refractivity contribution is 0.121. The number of nitrogens with two attached hydrogens (primary N) is 1. The second-order valence-corrected chi connectivity index (χ2v) is 5.86. The number of nitrogens with one attached hydrogen (secondary N) is 1. The minimum Gasteiger partial charge on any atom is -0.377 e. The number of rotatable bonds is 3. The van der Waals surface area contributed by atoms with E-state index >= 15 is 0 Å². The molecule has 2 rings (SSSR count). The van der Waals surface area contributed by atoms with Gasteiger partial charge in [0.15, 0.2) is 0 Å². The molecule has 1 heterocycles. The third-order valence-corrected chi connectivity index (χ3v) is 3.90. The highest BCUT2D eigenvalue weighted by Crippen LogP contribution is 2.23. The standard InChI is InChI=1S/C11H15FN2O3S/c1-7-10(4-5-17-7)14-11-3-2-8(6-9(11)12)18(13,15)16/h2-3,6-7,10,14H,4-5H2,1H3,(H2,13,15,16). The molecule has 0 spiro atoms. The summed E-state index contributed by atoms with van der Waals surface area (Å²) in [6.45, 7) is 2.54. The molecule has 0 saturated carbocycles. The molecule has 18 heavy (non-hydrogen) atoms. The van der Waals surface area contributed by atoms with E-state index in [0.29, 0.717) is 6.61 Å². The number of sulfonamides is 1. The van der Waals surface area contributed by atoms with Crippen LogP contribution in [0.15, 0.2) is 23.1 Å². The van der Waals surface area contributed by atoms with Crippen LogP contribution in [0.2, 0.25) is 0 Å². The lowest BCUT2D eigenvalue weighted by Crippen LogP contribution is -2.27. The molecule has 100 valence electrons. The molecule has 2 atom stereocenters. The van der Waals surface area contributed by atoms with Crippen molar-refractivity contribution in [3.8, 4) is 0 Å². The van der Waals surface area contributed by atoms with Crippen molar-refractivity contribution in [3.05, 3.63) is 24.0 Å². The van der Waals surface area contributed by atoms with Crippen molar-refractivity contribution in [2.75, 3.05) is 11.9 Å². The van der Waals surface area contributed by atoms with Gasteiger partial charge in [-0.1, -0.05) is 0 Å². The Morgan fingerprint density at radius 1 is 1.50 bits per heavy atom. The number of hydrogen-bond donors (Lipinski definition) is 2. The monoisotopic (exact) mass is 274 g/mol. The van der Waals surface area contributed by atoms with E-state index in [0.717, 1.165) is 12.5 Å². The molecule has 0 bridgehead atoms. The number of anilines is 1. The molecule has 1 aliphatic heterocycles. The van der Waals surface area contributed by atoms with Crippen LogP contribution in [0.5, 0.6) is 0 Å². The van der Waals surface area contributed by atoms with Crippen molar-refractivity contribution in [1.82, 2.24) is 0 Å². The summed E-state index contributed by atoms with van der Waals surface area (Å²) in [4.78, 5) is -0.235. The van der Waals surface area contributed by atoms with Crippen LogP contribution in [0.25, 0.3) is 0 Å². The van der Waals surface area contributed by atoms with Gasteiger partial charge >= 0.3 is 0 Å². The summed E-state index contributed by atoms with van der Waals surface area (Å²) in [5, 5.41) is 7.93. The van der Waals surface area contributed by atoms with E-state index in [4.69, 9.17) is 9.88 Å². The number of ether oxygens (including phenoxy) is 1. The molecular formula is C11H15FN2O3S.